The third-order valence-electron chi connectivity index (χ3n) is 6.04. The van der Waals surface area contributed by atoms with Crippen LogP contribution in [0.1, 0.15) is 36.7 Å². The van der Waals surface area contributed by atoms with Crippen molar-refractivity contribution in [3.8, 4) is 22.7 Å². The predicted molar refractivity (Wildman–Crippen MR) is 152 cm³/mol. The normalized spacial score (nSPS) is 14.6. The van der Waals surface area contributed by atoms with Gasteiger partial charge in [-0.3, -0.25) is 9.69 Å². The fraction of sp³-hybridized carbons (Fsp3) is 0.207. The van der Waals surface area contributed by atoms with E-state index in [0.717, 1.165) is 46.7 Å². The number of aryl methyl sites for hydroxylation is 1. The third-order valence-corrected chi connectivity index (χ3v) is 7.41. The van der Waals surface area contributed by atoms with Gasteiger partial charge in [0.15, 0.2) is 0 Å². The van der Waals surface area contributed by atoms with Gasteiger partial charge in [-0.05, 0) is 67.4 Å². The van der Waals surface area contributed by atoms with E-state index in [-0.39, 0.29) is 5.91 Å². The first-order valence-electron chi connectivity index (χ1n) is 12.2. The molecule has 0 atom stereocenters. The van der Waals surface area contributed by atoms with Gasteiger partial charge in [-0.1, -0.05) is 55.5 Å². The van der Waals surface area contributed by atoms with Crippen molar-refractivity contribution < 1.29 is 13.9 Å². The van der Waals surface area contributed by atoms with Gasteiger partial charge >= 0.3 is 0 Å². The molecule has 2 aromatic carbocycles. The molecule has 1 aliphatic heterocycles. The average molecular weight is 530 g/mol. The molecule has 5 rings (SSSR count). The predicted octanol–water partition coefficient (Wildman–Crippen LogP) is 7.02. The zero-order chi connectivity index (χ0) is 25.8. The summed E-state index contributed by atoms with van der Waals surface area (Å²) in [5, 5.41) is 4.93. The Hall–Kier alpha value is -3.62. The van der Waals surface area contributed by atoms with E-state index in [0.29, 0.717) is 28.1 Å². The lowest BCUT2D eigenvalue weighted by Gasteiger charge is -2.12. The number of unbranched alkanes of at least 4 members (excludes halogenated alkanes) is 1. The Morgan fingerprint density at radius 1 is 1.14 bits per heavy atom. The number of carbonyl (C=O) groups excluding carboxylic acids is 1. The first-order chi connectivity index (χ1) is 18.0. The Labute approximate surface area is 225 Å². The maximum Gasteiger partial charge on any atom is 0.266 e. The molecule has 1 fully saturated rings. The van der Waals surface area contributed by atoms with Crippen LogP contribution in [0.3, 0.4) is 0 Å². The van der Waals surface area contributed by atoms with Crippen molar-refractivity contribution in [3.63, 3.8) is 0 Å². The van der Waals surface area contributed by atoms with Gasteiger partial charge in [0.05, 0.1) is 30.0 Å². The highest BCUT2D eigenvalue weighted by molar-refractivity contribution is 8.26. The molecule has 2 aromatic heterocycles. The molecule has 1 saturated heterocycles. The molecule has 0 bridgehead atoms. The molecule has 1 aliphatic rings. The number of thioether (sulfide) groups is 1. The second-order valence-corrected chi connectivity index (χ2v) is 10.4. The van der Waals surface area contributed by atoms with Crippen LogP contribution in [-0.4, -0.2) is 31.5 Å². The number of carbonyl (C=O) groups is 1. The van der Waals surface area contributed by atoms with Crippen molar-refractivity contribution in [2.45, 2.75) is 33.2 Å². The Balaban J connectivity index is 1.51. The molecule has 188 valence electrons. The Morgan fingerprint density at radius 3 is 2.70 bits per heavy atom. The van der Waals surface area contributed by atoms with Gasteiger partial charge in [-0.25, -0.2) is 4.68 Å². The lowest BCUT2D eigenvalue weighted by atomic mass is 10.0. The van der Waals surface area contributed by atoms with E-state index in [1.165, 1.54) is 11.8 Å². The van der Waals surface area contributed by atoms with E-state index in [2.05, 4.69) is 13.8 Å². The van der Waals surface area contributed by atoms with E-state index >= 15 is 0 Å². The van der Waals surface area contributed by atoms with Crippen molar-refractivity contribution in [3.05, 3.63) is 94.9 Å². The number of furan rings is 1. The van der Waals surface area contributed by atoms with E-state index in [1.807, 2.05) is 71.6 Å². The first-order valence-corrected chi connectivity index (χ1v) is 13.4. The monoisotopic (exact) mass is 529 g/mol. The largest absolute Gasteiger partial charge is 0.494 e. The Bertz CT molecular complexity index is 1440. The summed E-state index contributed by atoms with van der Waals surface area (Å²) in [6.45, 7) is 5.20. The van der Waals surface area contributed by atoms with Crippen LogP contribution in [0.5, 0.6) is 5.75 Å². The Kier molecular flexibility index (Phi) is 7.58. The number of aromatic nitrogens is 2. The van der Waals surface area contributed by atoms with Gasteiger partial charge < -0.3 is 9.15 Å². The number of hydrogen-bond donors (Lipinski definition) is 0. The molecule has 0 saturated carbocycles. The summed E-state index contributed by atoms with van der Waals surface area (Å²) in [5.74, 6) is 1.39. The summed E-state index contributed by atoms with van der Waals surface area (Å²) in [6.07, 6.45) is 7.54. The smallest absolute Gasteiger partial charge is 0.266 e. The molecule has 37 heavy (non-hydrogen) atoms. The van der Waals surface area contributed by atoms with E-state index in [9.17, 15) is 4.79 Å². The summed E-state index contributed by atoms with van der Waals surface area (Å²) >= 11 is 6.82. The van der Waals surface area contributed by atoms with Gasteiger partial charge in [-0.15, -0.1) is 0 Å². The van der Waals surface area contributed by atoms with Crippen molar-refractivity contribution in [2.75, 3.05) is 6.61 Å². The van der Waals surface area contributed by atoms with Crippen LogP contribution in [0.15, 0.2) is 82.4 Å². The van der Waals surface area contributed by atoms with Crippen molar-refractivity contribution >= 4 is 40.3 Å². The zero-order valence-corrected chi connectivity index (χ0v) is 22.3. The van der Waals surface area contributed by atoms with Crippen LogP contribution in [-0.2, 0) is 11.3 Å². The molecule has 6 nitrogen and oxygen atoms in total. The molecule has 0 spiro atoms. The lowest BCUT2D eigenvalue weighted by molar-refractivity contribution is -0.122. The van der Waals surface area contributed by atoms with Crippen LogP contribution in [0.4, 0.5) is 0 Å². The molecular weight excluding hydrogens is 502 g/mol. The quantitative estimate of drug-likeness (QED) is 0.132. The highest BCUT2D eigenvalue weighted by Crippen LogP contribution is 2.36. The lowest BCUT2D eigenvalue weighted by Crippen LogP contribution is -2.27. The molecule has 3 heterocycles. The number of ether oxygens (including phenoxy) is 1. The number of amides is 1. The van der Waals surface area contributed by atoms with Crippen LogP contribution >= 0.6 is 24.0 Å². The minimum atomic E-state index is -0.138. The Morgan fingerprint density at radius 2 is 1.97 bits per heavy atom. The van der Waals surface area contributed by atoms with Gasteiger partial charge in [0.25, 0.3) is 5.91 Å². The second kappa shape index (κ2) is 11.2. The summed E-state index contributed by atoms with van der Waals surface area (Å²) in [6, 6.07) is 19.6. The fourth-order valence-electron chi connectivity index (χ4n) is 4.08. The van der Waals surface area contributed by atoms with E-state index in [1.54, 1.807) is 17.2 Å². The van der Waals surface area contributed by atoms with Crippen LogP contribution in [0, 0.1) is 6.92 Å². The highest BCUT2D eigenvalue weighted by Gasteiger charge is 2.33. The minimum absolute atomic E-state index is 0.138. The van der Waals surface area contributed by atoms with E-state index in [4.69, 9.17) is 26.5 Å². The second-order valence-electron chi connectivity index (χ2n) is 8.74. The number of hydrogen-bond acceptors (Lipinski definition) is 6. The molecule has 1 amide bonds. The standard InChI is InChI=1S/C29H27N3O3S2/c1-3-4-14-34-23-12-13-25(20(2)16-23)27-21(18-32(30-27)22-9-6-5-7-10-22)17-26-28(33)31(29(36)37-26)19-24-11-8-15-35-24/h5-13,15-18H,3-4,14,19H2,1-2H3. The maximum absolute atomic E-state index is 13.3. The van der Waals surface area contributed by atoms with Crippen molar-refractivity contribution in [1.29, 1.82) is 0 Å². The van der Waals surface area contributed by atoms with Crippen molar-refractivity contribution in [1.82, 2.24) is 14.7 Å². The van der Waals surface area contributed by atoms with Gasteiger partial charge in [0, 0.05) is 17.3 Å². The SMILES string of the molecule is CCCCOc1ccc(-c2nn(-c3ccccc3)cc2C=C2SC(=S)N(Cc3ccco3)C2=O)c(C)c1. The first kappa shape index (κ1) is 25.0. The molecule has 0 unspecified atom stereocenters. The molecule has 0 radical (unpaired) electrons. The average Bonchev–Trinajstić information content (AvgIpc) is 3.63. The number of rotatable bonds is 9. The van der Waals surface area contributed by atoms with Crippen molar-refractivity contribution in [2.24, 2.45) is 0 Å². The summed E-state index contributed by atoms with van der Waals surface area (Å²) in [7, 11) is 0. The van der Waals surface area contributed by atoms with Gasteiger partial charge in [0.2, 0.25) is 0 Å². The third kappa shape index (κ3) is 5.55. The summed E-state index contributed by atoms with van der Waals surface area (Å²) in [4.78, 5) is 15.4. The van der Waals surface area contributed by atoms with E-state index < -0.39 is 0 Å². The highest BCUT2D eigenvalue weighted by atomic mass is 32.2. The number of nitrogens with zero attached hydrogens (tertiary/aromatic N) is 3. The number of para-hydroxylation sites is 1. The number of thiocarbonyl (C=S) groups is 1. The summed E-state index contributed by atoms with van der Waals surface area (Å²) in [5.41, 5.74) is 4.59. The molecular formula is C29H27N3O3S2. The topological polar surface area (TPSA) is 60.5 Å². The number of benzene rings is 2. The summed E-state index contributed by atoms with van der Waals surface area (Å²) < 4.78 is 13.7. The minimum Gasteiger partial charge on any atom is -0.494 e. The molecule has 4 aromatic rings. The van der Waals surface area contributed by atoms with Crippen LogP contribution < -0.4 is 4.74 Å². The van der Waals surface area contributed by atoms with Gasteiger partial charge in [0.1, 0.15) is 21.5 Å². The molecule has 8 heteroatoms. The molecule has 0 N–H and O–H groups in total. The maximum atomic E-state index is 13.3. The van der Waals surface area contributed by atoms with Crippen LogP contribution in [0.2, 0.25) is 0 Å². The zero-order valence-electron chi connectivity index (χ0n) is 20.7. The van der Waals surface area contributed by atoms with Gasteiger partial charge in [-0.2, -0.15) is 5.10 Å². The fourth-order valence-corrected chi connectivity index (χ4v) is 5.32. The molecule has 0 aliphatic carbocycles. The van der Waals surface area contributed by atoms with Crippen LogP contribution in [0.25, 0.3) is 23.0 Å².